The highest BCUT2D eigenvalue weighted by atomic mass is 35.5. The lowest BCUT2D eigenvalue weighted by atomic mass is 10.2. The van der Waals surface area contributed by atoms with Crippen LogP contribution in [0.25, 0.3) is 6.08 Å². The van der Waals surface area contributed by atoms with Crippen LogP contribution in [-0.4, -0.2) is 49.4 Å². The average Bonchev–Trinajstić information content (AvgIpc) is 2.77. The van der Waals surface area contributed by atoms with E-state index in [1.165, 1.54) is 11.8 Å². The van der Waals surface area contributed by atoms with Gasteiger partial charge in [0.15, 0.2) is 0 Å². The van der Waals surface area contributed by atoms with Crippen molar-refractivity contribution in [2.45, 2.75) is 25.2 Å². The number of para-hydroxylation sites is 1. The molecule has 0 saturated carbocycles. The lowest BCUT2D eigenvalue weighted by molar-refractivity contribution is -0.122. The van der Waals surface area contributed by atoms with Crippen LogP contribution >= 0.6 is 23.4 Å². The van der Waals surface area contributed by atoms with E-state index in [1.54, 1.807) is 11.0 Å². The molecular weight excluding hydrogens is 430 g/mol. The fourth-order valence-corrected chi connectivity index (χ4v) is 4.69. The molecule has 1 heterocycles. The number of nitrogens with zero attached hydrogens (tertiary/aromatic N) is 2. The molecule has 0 unspecified atom stereocenters. The molecule has 3 rings (SSSR count). The molecular formula is C24H28ClN3O2S. The van der Waals surface area contributed by atoms with Gasteiger partial charge in [0.05, 0.1) is 10.6 Å². The first kappa shape index (κ1) is 23.4. The largest absolute Gasteiger partial charge is 0.355 e. The van der Waals surface area contributed by atoms with Gasteiger partial charge in [-0.15, -0.1) is 0 Å². The second-order valence-electron chi connectivity index (χ2n) is 7.26. The first-order valence-corrected chi connectivity index (χ1v) is 11.8. The summed E-state index contributed by atoms with van der Waals surface area (Å²) in [4.78, 5) is 31.2. The van der Waals surface area contributed by atoms with Crippen LogP contribution in [0, 0.1) is 0 Å². The van der Waals surface area contributed by atoms with Crippen LogP contribution in [0.2, 0.25) is 5.02 Å². The van der Waals surface area contributed by atoms with Gasteiger partial charge < -0.3 is 10.2 Å². The first-order chi connectivity index (χ1) is 15.0. The van der Waals surface area contributed by atoms with Crippen molar-refractivity contribution in [3.05, 3.63) is 64.0 Å². The van der Waals surface area contributed by atoms with E-state index in [0.717, 1.165) is 42.2 Å². The molecule has 0 saturated heterocycles. The van der Waals surface area contributed by atoms with Crippen LogP contribution in [0.3, 0.4) is 0 Å². The number of anilines is 1. The van der Waals surface area contributed by atoms with Gasteiger partial charge in [-0.25, -0.2) is 0 Å². The maximum absolute atomic E-state index is 13.2. The molecule has 31 heavy (non-hydrogen) atoms. The Morgan fingerprint density at radius 2 is 1.94 bits per heavy atom. The van der Waals surface area contributed by atoms with E-state index in [2.05, 4.69) is 24.1 Å². The Morgan fingerprint density at radius 1 is 1.16 bits per heavy atom. The highest BCUT2D eigenvalue weighted by Gasteiger charge is 2.30. The quantitative estimate of drug-likeness (QED) is 0.439. The van der Waals surface area contributed by atoms with Crippen LogP contribution in [0.1, 0.15) is 25.8 Å². The van der Waals surface area contributed by atoms with Crippen molar-refractivity contribution < 1.29 is 9.59 Å². The normalized spacial score (nSPS) is 14.8. The summed E-state index contributed by atoms with van der Waals surface area (Å²) in [7, 11) is 0. The Morgan fingerprint density at radius 3 is 2.68 bits per heavy atom. The Bertz CT molecular complexity index is 959. The molecule has 0 aromatic heterocycles. The van der Waals surface area contributed by atoms with Gasteiger partial charge in [-0.3, -0.25) is 14.5 Å². The van der Waals surface area contributed by atoms with Crippen molar-refractivity contribution in [3.63, 3.8) is 0 Å². The number of amides is 2. The standard InChI is InChI=1S/C24H28ClN3O2S/c1-3-27(4-2)14-8-13-26-23(29)17-28-20-11-5-6-12-21(20)31-22(24(28)30)16-18-9-7-10-19(25)15-18/h5-7,9-12,15-16H,3-4,8,13-14,17H2,1-2H3,(H,26,29)/b22-16+. The monoisotopic (exact) mass is 457 g/mol. The van der Waals surface area contributed by atoms with Gasteiger partial charge in [-0.1, -0.05) is 61.5 Å². The summed E-state index contributed by atoms with van der Waals surface area (Å²) in [5.41, 5.74) is 1.61. The van der Waals surface area contributed by atoms with E-state index in [-0.39, 0.29) is 18.4 Å². The van der Waals surface area contributed by atoms with Crippen molar-refractivity contribution in [1.82, 2.24) is 10.2 Å². The van der Waals surface area contributed by atoms with Crippen LogP contribution in [0.4, 0.5) is 5.69 Å². The Balaban J connectivity index is 1.71. The molecule has 2 aromatic rings. The van der Waals surface area contributed by atoms with E-state index in [0.29, 0.717) is 16.5 Å². The summed E-state index contributed by atoms with van der Waals surface area (Å²) >= 11 is 7.50. The maximum Gasteiger partial charge on any atom is 0.265 e. The van der Waals surface area contributed by atoms with Gasteiger partial charge in [0, 0.05) is 16.5 Å². The minimum atomic E-state index is -0.179. The molecule has 164 valence electrons. The third kappa shape index (κ3) is 6.35. The van der Waals surface area contributed by atoms with E-state index in [4.69, 9.17) is 11.6 Å². The van der Waals surface area contributed by atoms with E-state index in [1.807, 2.05) is 48.5 Å². The zero-order valence-corrected chi connectivity index (χ0v) is 19.5. The second kappa shape index (κ2) is 11.4. The molecule has 0 spiro atoms. The van der Waals surface area contributed by atoms with Gasteiger partial charge in [-0.2, -0.15) is 0 Å². The Kier molecular flexibility index (Phi) is 8.58. The number of carbonyl (C=O) groups excluding carboxylic acids is 2. The summed E-state index contributed by atoms with van der Waals surface area (Å²) in [6.07, 6.45) is 2.71. The number of fused-ring (bicyclic) bond motifs is 1. The van der Waals surface area contributed by atoms with Gasteiger partial charge >= 0.3 is 0 Å². The summed E-state index contributed by atoms with van der Waals surface area (Å²) in [5, 5.41) is 3.57. The number of hydrogen-bond donors (Lipinski definition) is 1. The molecule has 1 N–H and O–H groups in total. The summed E-state index contributed by atoms with van der Waals surface area (Å²) in [6.45, 7) is 7.81. The van der Waals surface area contributed by atoms with Gasteiger partial charge in [0.2, 0.25) is 5.91 Å². The summed E-state index contributed by atoms with van der Waals surface area (Å²) in [5.74, 6) is -0.335. The molecule has 0 atom stereocenters. The van der Waals surface area contributed by atoms with Crippen molar-refractivity contribution in [2.24, 2.45) is 0 Å². The number of hydrogen-bond acceptors (Lipinski definition) is 4. The summed E-state index contributed by atoms with van der Waals surface area (Å²) < 4.78 is 0. The predicted octanol–water partition coefficient (Wildman–Crippen LogP) is 4.67. The predicted molar refractivity (Wildman–Crippen MR) is 129 cm³/mol. The molecule has 0 bridgehead atoms. The zero-order valence-electron chi connectivity index (χ0n) is 17.9. The third-order valence-corrected chi connectivity index (χ3v) is 6.46. The van der Waals surface area contributed by atoms with Crippen molar-refractivity contribution >= 4 is 46.9 Å². The number of nitrogens with one attached hydrogen (secondary N) is 1. The molecule has 1 aliphatic rings. The summed E-state index contributed by atoms with van der Waals surface area (Å²) in [6, 6.07) is 15.0. The van der Waals surface area contributed by atoms with E-state index in [9.17, 15) is 9.59 Å². The lowest BCUT2D eigenvalue weighted by Gasteiger charge is -2.30. The van der Waals surface area contributed by atoms with Crippen molar-refractivity contribution in [3.8, 4) is 0 Å². The topological polar surface area (TPSA) is 52.7 Å². The first-order valence-electron chi connectivity index (χ1n) is 10.6. The van der Waals surface area contributed by atoms with Gasteiger partial charge in [0.1, 0.15) is 6.54 Å². The smallest absolute Gasteiger partial charge is 0.265 e. The fourth-order valence-electron chi connectivity index (χ4n) is 3.44. The minimum absolute atomic E-state index is 0.00539. The lowest BCUT2D eigenvalue weighted by Crippen LogP contribution is -2.43. The molecule has 0 aliphatic carbocycles. The van der Waals surface area contributed by atoms with Crippen molar-refractivity contribution in [1.29, 1.82) is 0 Å². The van der Waals surface area contributed by atoms with Crippen LogP contribution < -0.4 is 10.2 Å². The van der Waals surface area contributed by atoms with Crippen molar-refractivity contribution in [2.75, 3.05) is 37.6 Å². The second-order valence-corrected chi connectivity index (χ2v) is 8.78. The van der Waals surface area contributed by atoms with Gasteiger partial charge in [-0.05, 0) is 62.0 Å². The molecule has 5 nitrogen and oxygen atoms in total. The highest BCUT2D eigenvalue weighted by Crippen LogP contribution is 2.41. The molecule has 2 amide bonds. The van der Waals surface area contributed by atoms with Crippen LogP contribution in [0.5, 0.6) is 0 Å². The highest BCUT2D eigenvalue weighted by molar-refractivity contribution is 8.04. The Labute approximate surface area is 193 Å². The molecule has 2 aromatic carbocycles. The molecule has 0 radical (unpaired) electrons. The maximum atomic E-state index is 13.2. The van der Waals surface area contributed by atoms with E-state index >= 15 is 0 Å². The van der Waals surface area contributed by atoms with E-state index < -0.39 is 0 Å². The number of benzene rings is 2. The molecule has 7 heteroatoms. The number of halogens is 1. The average molecular weight is 458 g/mol. The van der Waals surface area contributed by atoms with Crippen LogP contribution in [-0.2, 0) is 9.59 Å². The third-order valence-electron chi connectivity index (χ3n) is 5.15. The number of rotatable bonds is 9. The Hall–Kier alpha value is -2.28. The number of carbonyl (C=O) groups is 2. The van der Waals surface area contributed by atoms with Gasteiger partial charge in [0.25, 0.3) is 5.91 Å². The van der Waals surface area contributed by atoms with Crippen LogP contribution in [0.15, 0.2) is 58.3 Å². The molecule has 1 aliphatic heterocycles. The minimum Gasteiger partial charge on any atom is -0.355 e. The number of thioether (sulfide) groups is 1. The zero-order chi connectivity index (χ0) is 22.2. The fraction of sp³-hybridized carbons (Fsp3) is 0.333. The molecule has 0 fully saturated rings. The SMILES string of the molecule is CCN(CC)CCCNC(=O)CN1C(=O)/C(=C\c2cccc(Cl)c2)Sc2ccccc21.